The summed E-state index contributed by atoms with van der Waals surface area (Å²) in [6, 6.07) is 9.12. The third-order valence-corrected chi connectivity index (χ3v) is 3.86. The lowest BCUT2D eigenvalue weighted by molar-refractivity contribution is 0.0996. The summed E-state index contributed by atoms with van der Waals surface area (Å²) in [5.41, 5.74) is 2.73. The molecule has 1 saturated carbocycles. The van der Waals surface area contributed by atoms with Crippen molar-refractivity contribution >= 4 is 22.6 Å². The number of carbonyl (C=O) groups is 1. The van der Waals surface area contributed by atoms with E-state index in [1.807, 2.05) is 25.2 Å². The van der Waals surface area contributed by atoms with Crippen molar-refractivity contribution in [2.24, 2.45) is 7.05 Å². The molecule has 1 aromatic carbocycles. The summed E-state index contributed by atoms with van der Waals surface area (Å²) in [5.74, 6) is 1.79. The van der Waals surface area contributed by atoms with Gasteiger partial charge in [-0.15, -0.1) is 0 Å². The largest absolute Gasteiger partial charge is 0.459 e. The predicted octanol–water partition coefficient (Wildman–Crippen LogP) is 3.30. The second-order valence-corrected chi connectivity index (χ2v) is 5.44. The van der Waals surface area contributed by atoms with E-state index < -0.39 is 0 Å². The summed E-state index contributed by atoms with van der Waals surface area (Å²) >= 11 is 0. The van der Waals surface area contributed by atoms with Crippen LogP contribution in [0.3, 0.4) is 0 Å². The van der Waals surface area contributed by atoms with Gasteiger partial charge in [-0.25, -0.2) is 4.98 Å². The summed E-state index contributed by atoms with van der Waals surface area (Å²) in [7, 11) is 2.05. The molecule has 5 heteroatoms. The lowest BCUT2D eigenvalue weighted by atomic mass is 10.2. The smallest absolute Gasteiger partial charge is 0.291 e. The van der Waals surface area contributed by atoms with E-state index in [0.29, 0.717) is 11.7 Å². The molecule has 1 aliphatic carbocycles. The highest BCUT2D eigenvalue weighted by atomic mass is 16.3. The van der Waals surface area contributed by atoms with Crippen LogP contribution < -0.4 is 5.32 Å². The zero-order valence-corrected chi connectivity index (χ0v) is 11.7. The van der Waals surface area contributed by atoms with Gasteiger partial charge < -0.3 is 14.3 Å². The first-order valence-electron chi connectivity index (χ1n) is 7.03. The van der Waals surface area contributed by atoms with Gasteiger partial charge in [0.05, 0.1) is 17.3 Å². The number of nitrogens with one attached hydrogen (secondary N) is 1. The van der Waals surface area contributed by atoms with Crippen molar-refractivity contribution in [2.45, 2.75) is 18.8 Å². The van der Waals surface area contributed by atoms with Gasteiger partial charge in [0.15, 0.2) is 5.76 Å². The number of aryl methyl sites for hydroxylation is 1. The van der Waals surface area contributed by atoms with E-state index in [9.17, 15) is 4.79 Å². The Balaban J connectivity index is 1.66. The molecule has 2 aromatic heterocycles. The number of furan rings is 1. The van der Waals surface area contributed by atoms with Crippen LogP contribution in [0.5, 0.6) is 0 Å². The van der Waals surface area contributed by atoms with E-state index in [1.165, 1.54) is 19.1 Å². The fraction of sp³-hybridized carbons (Fsp3) is 0.250. The molecule has 21 heavy (non-hydrogen) atoms. The fourth-order valence-corrected chi connectivity index (χ4v) is 2.60. The van der Waals surface area contributed by atoms with Crippen LogP contribution in [0.15, 0.2) is 41.0 Å². The van der Waals surface area contributed by atoms with Crippen molar-refractivity contribution in [2.75, 3.05) is 5.32 Å². The highest BCUT2D eigenvalue weighted by molar-refractivity contribution is 6.03. The number of rotatable bonds is 3. The molecule has 0 saturated heterocycles. The summed E-state index contributed by atoms with van der Waals surface area (Å²) in [5, 5.41) is 2.83. The lowest BCUT2D eigenvalue weighted by Crippen LogP contribution is -2.10. The third kappa shape index (κ3) is 2.11. The molecule has 106 valence electrons. The number of hydrogen-bond donors (Lipinski definition) is 1. The molecular weight excluding hydrogens is 266 g/mol. The first-order chi connectivity index (χ1) is 10.2. The molecule has 1 amide bonds. The zero-order chi connectivity index (χ0) is 14.4. The molecule has 0 radical (unpaired) electrons. The molecule has 2 heterocycles. The zero-order valence-electron chi connectivity index (χ0n) is 11.7. The Morgan fingerprint density at radius 3 is 2.95 bits per heavy atom. The van der Waals surface area contributed by atoms with Crippen LogP contribution in [-0.2, 0) is 7.05 Å². The Morgan fingerprint density at radius 1 is 1.38 bits per heavy atom. The Kier molecular flexibility index (Phi) is 2.60. The van der Waals surface area contributed by atoms with Crippen LogP contribution in [0, 0.1) is 0 Å². The van der Waals surface area contributed by atoms with Gasteiger partial charge in [0.25, 0.3) is 5.91 Å². The summed E-state index contributed by atoms with van der Waals surface area (Å²) in [6.45, 7) is 0. The molecular formula is C16H15N3O2. The number of amides is 1. The molecule has 0 spiro atoms. The third-order valence-electron chi connectivity index (χ3n) is 3.86. The van der Waals surface area contributed by atoms with Crippen molar-refractivity contribution in [3.8, 4) is 0 Å². The number of aromatic nitrogens is 2. The maximum absolute atomic E-state index is 12.0. The molecule has 1 fully saturated rings. The average Bonchev–Trinajstić information content (AvgIpc) is 3.06. The SMILES string of the molecule is Cn1c(C2CC2)nc2cc(NC(=O)c3ccco3)ccc21. The highest BCUT2D eigenvalue weighted by Crippen LogP contribution is 2.40. The van der Waals surface area contributed by atoms with Crippen molar-refractivity contribution < 1.29 is 9.21 Å². The normalized spacial score (nSPS) is 14.5. The molecule has 4 rings (SSSR count). The van der Waals surface area contributed by atoms with Gasteiger partial charge in [0.1, 0.15) is 5.82 Å². The Hall–Kier alpha value is -2.56. The quantitative estimate of drug-likeness (QED) is 0.801. The van der Waals surface area contributed by atoms with E-state index in [-0.39, 0.29) is 5.91 Å². The topological polar surface area (TPSA) is 60.1 Å². The average molecular weight is 281 g/mol. The lowest BCUT2D eigenvalue weighted by Gasteiger charge is -2.03. The van der Waals surface area contributed by atoms with Crippen molar-refractivity contribution in [1.29, 1.82) is 0 Å². The number of carbonyl (C=O) groups excluding carboxylic acids is 1. The molecule has 1 N–H and O–H groups in total. The van der Waals surface area contributed by atoms with E-state index in [1.54, 1.807) is 12.1 Å². The number of benzene rings is 1. The number of nitrogens with zero attached hydrogens (tertiary/aromatic N) is 2. The fourth-order valence-electron chi connectivity index (χ4n) is 2.60. The monoisotopic (exact) mass is 281 g/mol. The Labute approximate surface area is 121 Å². The van der Waals surface area contributed by atoms with Crippen molar-refractivity contribution in [1.82, 2.24) is 9.55 Å². The van der Waals surface area contributed by atoms with Crippen LogP contribution in [0.2, 0.25) is 0 Å². The van der Waals surface area contributed by atoms with Crippen LogP contribution >= 0.6 is 0 Å². The van der Waals surface area contributed by atoms with E-state index in [4.69, 9.17) is 9.40 Å². The summed E-state index contributed by atoms with van der Waals surface area (Å²) in [6.07, 6.45) is 3.93. The van der Waals surface area contributed by atoms with Crippen LogP contribution in [0.4, 0.5) is 5.69 Å². The molecule has 1 aliphatic rings. The molecule has 0 unspecified atom stereocenters. The second kappa shape index (κ2) is 4.48. The maximum Gasteiger partial charge on any atom is 0.291 e. The number of fused-ring (bicyclic) bond motifs is 1. The standard InChI is InChI=1S/C16H15N3O2/c1-19-13-7-6-11(17-16(20)14-3-2-8-21-14)9-12(13)18-15(19)10-4-5-10/h2-3,6-10H,4-5H2,1H3,(H,17,20). The molecule has 5 nitrogen and oxygen atoms in total. The van der Waals surface area contributed by atoms with Crippen molar-refractivity contribution in [3.05, 3.63) is 48.2 Å². The Morgan fingerprint density at radius 2 is 2.24 bits per heavy atom. The first kappa shape index (κ1) is 12.2. The van der Waals surface area contributed by atoms with Gasteiger partial charge in [-0.05, 0) is 43.2 Å². The number of anilines is 1. The second-order valence-electron chi connectivity index (χ2n) is 5.44. The minimum Gasteiger partial charge on any atom is -0.459 e. The summed E-state index contributed by atoms with van der Waals surface area (Å²) < 4.78 is 7.23. The van der Waals surface area contributed by atoms with E-state index in [2.05, 4.69) is 9.88 Å². The van der Waals surface area contributed by atoms with Gasteiger partial charge in [0.2, 0.25) is 0 Å². The number of hydrogen-bond acceptors (Lipinski definition) is 3. The summed E-state index contributed by atoms with van der Waals surface area (Å²) in [4.78, 5) is 16.7. The van der Waals surface area contributed by atoms with Gasteiger partial charge in [-0.3, -0.25) is 4.79 Å². The van der Waals surface area contributed by atoms with E-state index >= 15 is 0 Å². The number of imidazole rings is 1. The van der Waals surface area contributed by atoms with Crippen LogP contribution in [0.25, 0.3) is 11.0 Å². The minimum absolute atomic E-state index is 0.252. The van der Waals surface area contributed by atoms with Gasteiger partial charge in [0, 0.05) is 18.7 Å². The van der Waals surface area contributed by atoms with Gasteiger partial charge in [-0.2, -0.15) is 0 Å². The van der Waals surface area contributed by atoms with Gasteiger partial charge >= 0.3 is 0 Å². The molecule has 3 aromatic rings. The first-order valence-corrected chi connectivity index (χ1v) is 7.03. The Bertz CT molecular complexity index is 814. The molecule has 0 atom stereocenters. The predicted molar refractivity (Wildman–Crippen MR) is 79.4 cm³/mol. The minimum atomic E-state index is -0.252. The van der Waals surface area contributed by atoms with Crippen LogP contribution in [-0.4, -0.2) is 15.5 Å². The molecule has 0 aliphatic heterocycles. The van der Waals surface area contributed by atoms with Crippen LogP contribution in [0.1, 0.15) is 35.1 Å². The highest BCUT2D eigenvalue weighted by Gasteiger charge is 2.28. The van der Waals surface area contributed by atoms with Gasteiger partial charge in [-0.1, -0.05) is 0 Å². The van der Waals surface area contributed by atoms with E-state index in [0.717, 1.165) is 22.5 Å². The van der Waals surface area contributed by atoms with Crippen molar-refractivity contribution in [3.63, 3.8) is 0 Å². The molecule has 0 bridgehead atoms. The maximum atomic E-state index is 12.0.